The average Bonchev–Trinajstić information content (AvgIpc) is 2.30. The first-order valence-electron chi connectivity index (χ1n) is 3.89. The summed E-state index contributed by atoms with van der Waals surface area (Å²) in [6, 6.07) is 2.27. The second kappa shape index (κ2) is 3.26. The van der Waals surface area contributed by atoms with Crippen molar-refractivity contribution >= 4 is 11.6 Å². The van der Waals surface area contributed by atoms with Gasteiger partial charge in [-0.25, -0.2) is 0 Å². The van der Waals surface area contributed by atoms with Crippen LogP contribution < -0.4 is 0 Å². The number of hydrogen-bond acceptors (Lipinski definition) is 1. The van der Waals surface area contributed by atoms with Crippen molar-refractivity contribution < 1.29 is 0 Å². The lowest BCUT2D eigenvalue weighted by molar-refractivity contribution is 0.528. The molecule has 0 N–H and O–H groups in total. The molecule has 0 aliphatic heterocycles. The van der Waals surface area contributed by atoms with Crippen molar-refractivity contribution in [2.45, 2.75) is 33.2 Å². The molecule has 1 heterocycles. The van der Waals surface area contributed by atoms with Crippen LogP contribution in [0.15, 0.2) is 6.07 Å². The third kappa shape index (κ3) is 1.74. The predicted molar refractivity (Wildman–Crippen MR) is 47.0 cm³/mol. The molecule has 0 fully saturated rings. The fourth-order valence-corrected chi connectivity index (χ4v) is 1.31. The van der Waals surface area contributed by atoms with Crippen molar-refractivity contribution in [2.24, 2.45) is 0 Å². The lowest BCUT2D eigenvalue weighted by Crippen LogP contribution is -2.02. The molecule has 0 saturated carbocycles. The predicted octanol–water partition coefficient (Wildman–Crippen LogP) is 2.68. The van der Waals surface area contributed by atoms with Crippen molar-refractivity contribution in [3.05, 3.63) is 16.9 Å². The van der Waals surface area contributed by atoms with E-state index in [2.05, 4.69) is 25.9 Å². The minimum Gasteiger partial charge on any atom is -0.251 e. The molecule has 1 rings (SSSR count). The van der Waals surface area contributed by atoms with Gasteiger partial charge in [0, 0.05) is 6.04 Å². The highest BCUT2D eigenvalue weighted by atomic mass is 35.5. The van der Waals surface area contributed by atoms with E-state index in [1.807, 2.05) is 10.7 Å². The van der Waals surface area contributed by atoms with Crippen molar-refractivity contribution in [3.63, 3.8) is 0 Å². The van der Waals surface area contributed by atoms with Gasteiger partial charge in [0.25, 0.3) is 0 Å². The maximum atomic E-state index is 5.92. The topological polar surface area (TPSA) is 17.8 Å². The summed E-state index contributed by atoms with van der Waals surface area (Å²) in [5.41, 5.74) is 1.06. The molecule has 1 aromatic heterocycles. The lowest BCUT2D eigenvalue weighted by Gasteiger charge is -2.05. The molecule has 1 aromatic rings. The van der Waals surface area contributed by atoms with Crippen LogP contribution in [0.5, 0.6) is 0 Å². The van der Waals surface area contributed by atoms with E-state index in [1.54, 1.807) is 0 Å². The van der Waals surface area contributed by atoms with Crippen LogP contribution in [0.3, 0.4) is 0 Å². The van der Waals surface area contributed by atoms with Crippen molar-refractivity contribution in [1.29, 1.82) is 0 Å². The van der Waals surface area contributed by atoms with E-state index in [9.17, 15) is 0 Å². The molecule has 0 saturated heterocycles. The van der Waals surface area contributed by atoms with Crippen LogP contribution in [0.1, 0.15) is 32.5 Å². The summed E-state index contributed by atoms with van der Waals surface area (Å²) in [6.45, 7) is 6.21. The fourth-order valence-electron chi connectivity index (χ4n) is 0.954. The second-order valence-electron chi connectivity index (χ2n) is 2.85. The molecule has 62 valence electrons. The van der Waals surface area contributed by atoms with Gasteiger partial charge in [-0.3, -0.25) is 4.68 Å². The highest BCUT2D eigenvalue weighted by Crippen LogP contribution is 2.16. The van der Waals surface area contributed by atoms with Crippen LogP contribution in [0.2, 0.25) is 5.15 Å². The maximum Gasteiger partial charge on any atom is 0.127 e. The minimum absolute atomic E-state index is 0.350. The largest absolute Gasteiger partial charge is 0.251 e. The Morgan fingerprint density at radius 1 is 1.64 bits per heavy atom. The fraction of sp³-hybridized carbons (Fsp3) is 0.625. The van der Waals surface area contributed by atoms with Crippen LogP contribution in [-0.4, -0.2) is 9.78 Å². The van der Waals surface area contributed by atoms with Crippen molar-refractivity contribution in [3.8, 4) is 0 Å². The van der Waals surface area contributed by atoms with Gasteiger partial charge in [0.05, 0.1) is 5.69 Å². The van der Waals surface area contributed by atoms with E-state index in [4.69, 9.17) is 11.6 Å². The second-order valence-corrected chi connectivity index (χ2v) is 3.24. The van der Waals surface area contributed by atoms with Crippen LogP contribution in [-0.2, 0) is 6.42 Å². The zero-order valence-electron chi connectivity index (χ0n) is 7.13. The first kappa shape index (κ1) is 8.60. The van der Waals surface area contributed by atoms with E-state index in [1.165, 1.54) is 0 Å². The number of aromatic nitrogens is 2. The summed E-state index contributed by atoms with van der Waals surface area (Å²) >= 11 is 5.92. The Hall–Kier alpha value is -0.500. The number of nitrogens with zero attached hydrogens (tertiary/aromatic N) is 2. The molecular formula is C8H13ClN2. The Morgan fingerprint density at radius 3 is 2.55 bits per heavy atom. The van der Waals surface area contributed by atoms with Crippen LogP contribution in [0, 0.1) is 0 Å². The van der Waals surface area contributed by atoms with Crippen molar-refractivity contribution in [1.82, 2.24) is 9.78 Å². The Labute approximate surface area is 72.2 Å². The summed E-state index contributed by atoms with van der Waals surface area (Å²) in [7, 11) is 0. The number of rotatable bonds is 2. The Bertz CT molecular complexity index is 240. The first-order chi connectivity index (χ1) is 5.15. The number of hydrogen-bond donors (Lipinski definition) is 0. The molecular weight excluding hydrogens is 160 g/mol. The molecule has 0 radical (unpaired) electrons. The smallest absolute Gasteiger partial charge is 0.127 e. The van der Waals surface area contributed by atoms with Gasteiger partial charge in [-0.1, -0.05) is 18.5 Å². The molecule has 11 heavy (non-hydrogen) atoms. The third-order valence-corrected chi connectivity index (χ3v) is 1.87. The van der Waals surface area contributed by atoms with Crippen LogP contribution >= 0.6 is 11.6 Å². The zero-order valence-corrected chi connectivity index (χ0v) is 7.89. The van der Waals surface area contributed by atoms with Gasteiger partial charge in [0.1, 0.15) is 5.15 Å². The summed E-state index contributed by atoms with van der Waals surface area (Å²) in [5.74, 6) is 0. The first-order valence-corrected chi connectivity index (χ1v) is 4.27. The summed E-state index contributed by atoms with van der Waals surface area (Å²) in [5, 5.41) is 5.05. The Balaban J connectivity index is 2.97. The van der Waals surface area contributed by atoms with Crippen LogP contribution in [0.4, 0.5) is 0 Å². The normalized spacial score (nSPS) is 11.0. The molecule has 0 unspecified atom stereocenters. The Kier molecular flexibility index (Phi) is 2.55. The Morgan fingerprint density at radius 2 is 2.27 bits per heavy atom. The molecule has 0 spiro atoms. The van der Waals surface area contributed by atoms with E-state index >= 15 is 0 Å². The van der Waals surface area contributed by atoms with Gasteiger partial charge in [0.2, 0.25) is 0 Å². The number of aryl methyl sites for hydroxylation is 1. The molecule has 0 aromatic carbocycles. The summed E-state index contributed by atoms with van der Waals surface area (Å²) < 4.78 is 1.83. The molecule has 0 aliphatic carbocycles. The summed E-state index contributed by atoms with van der Waals surface area (Å²) in [6.07, 6.45) is 0.944. The highest BCUT2D eigenvalue weighted by molar-refractivity contribution is 6.29. The SMILES string of the molecule is CCc1cc(Cl)n(C(C)C)n1. The molecule has 0 bridgehead atoms. The highest BCUT2D eigenvalue weighted by Gasteiger charge is 2.06. The van der Waals surface area contributed by atoms with Crippen molar-refractivity contribution in [2.75, 3.05) is 0 Å². The summed E-state index contributed by atoms with van der Waals surface area (Å²) in [4.78, 5) is 0. The van der Waals surface area contributed by atoms with Gasteiger partial charge in [-0.15, -0.1) is 0 Å². The van der Waals surface area contributed by atoms with E-state index in [0.717, 1.165) is 17.3 Å². The standard InChI is InChI=1S/C8H13ClN2/c1-4-7-5-8(9)11(10-7)6(2)3/h5-6H,4H2,1-3H3. The third-order valence-electron chi connectivity index (χ3n) is 1.59. The van der Waals surface area contributed by atoms with Gasteiger partial charge >= 0.3 is 0 Å². The molecule has 2 nitrogen and oxygen atoms in total. The van der Waals surface area contributed by atoms with E-state index < -0.39 is 0 Å². The van der Waals surface area contributed by atoms with Gasteiger partial charge in [0.15, 0.2) is 0 Å². The van der Waals surface area contributed by atoms with E-state index in [0.29, 0.717) is 6.04 Å². The molecule has 0 atom stereocenters. The van der Waals surface area contributed by atoms with Gasteiger partial charge in [-0.05, 0) is 26.3 Å². The maximum absolute atomic E-state index is 5.92. The quantitative estimate of drug-likeness (QED) is 0.671. The molecule has 0 aliphatic rings. The average molecular weight is 173 g/mol. The monoisotopic (exact) mass is 172 g/mol. The number of halogens is 1. The van der Waals surface area contributed by atoms with Gasteiger partial charge in [-0.2, -0.15) is 5.10 Å². The minimum atomic E-state index is 0.350. The van der Waals surface area contributed by atoms with Crippen LogP contribution in [0.25, 0.3) is 0 Å². The van der Waals surface area contributed by atoms with Gasteiger partial charge < -0.3 is 0 Å². The lowest BCUT2D eigenvalue weighted by atomic mass is 10.3. The van der Waals surface area contributed by atoms with E-state index in [-0.39, 0.29) is 0 Å². The molecule has 3 heteroatoms. The zero-order chi connectivity index (χ0) is 8.43. The molecule has 0 amide bonds.